The van der Waals surface area contributed by atoms with Gasteiger partial charge in [-0.15, -0.1) is 0 Å². The predicted molar refractivity (Wildman–Crippen MR) is 97.8 cm³/mol. The Bertz CT molecular complexity index is 811. The first-order chi connectivity index (χ1) is 11.7. The summed E-state index contributed by atoms with van der Waals surface area (Å²) in [6.07, 6.45) is 0.501. The van der Waals surface area contributed by atoms with Crippen molar-refractivity contribution in [3.63, 3.8) is 0 Å². The first-order valence-electron chi connectivity index (χ1n) is 8.38. The molecular formula is C19H25N3O3. The fourth-order valence-corrected chi connectivity index (χ4v) is 3.10. The number of aromatic amines is 1. The zero-order chi connectivity index (χ0) is 18.4. The van der Waals surface area contributed by atoms with Crippen molar-refractivity contribution in [3.8, 4) is 0 Å². The second-order valence-electron chi connectivity index (χ2n) is 7.52. The Labute approximate surface area is 147 Å². The number of benzene rings is 1. The molecule has 3 rings (SSSR count). The molecule has 134 valence electrons. The van der Waals surface area contributed by atoms with Gasteiger partial charge in [0.2, 0.25) is 0 Å². The van der Waals surface area contributed by atoms with Crippen LogP contribution in [0, 0.1) is 5.92 Å². The lowest BCUT2D eigenvalue weighted by Gasteiger charge is -2.41. The van der Waals surface area contributed by atoms with Crippen LogP contribution < -0.4 is 5.73 Å². The number of fused-ring (bicyclic) bond motifs is 1. The lowest BCUT2D eigenvalue weighted by atomic mass is 9.86. The molecule has 25 heavy (non-hydrogen) atoms. The van der Waals surface area contributed by atoms with E-state index in [0.717, 1.165) is 22.0 Å². The van der Waals surface area contributed by atoms with Crippen molar-refractivity contribution in [2.75, 3.05) is 13.1 Å². The maximum Gasteiger partial charge on any atom is 0.410 e. The highest BCUT2D eigenvalue weighted by molar-refractivity contribution is 5.94. The van der Waals surface area contributed by atoms with E-state index in [9.17, 15) is 9.90 Å². The number of nitrogens with two attached hydrogens (primary N) is 1. The van der Waals surface area contributed by atoms with E-state index in [0.29, 0.717) is 18.7 Å². The molecule has 0 spiro atoms. The van der Waals surface area contributed by atoms with Gasteiger partial charge in [-0.1, -0.05) is 18.7 Å². The normalized spacial score (nSPS) is 16.6. The molecule has 2 heterocycles. The van der Waals surface area contributed by atoms with Crippen molar-refractivity contribution < 1.29 is 14.6 Å². The molecule has 1 unspecified atom stereocenters. The SMILES string of the molecule is C=C(c1ccc(C(N)O)c2[nH]ccc12)C1CN(C(=O)OC(C)(C)C)C1. The topological polar surface area (TPSA) is 91.6 Å². The first kappa shape index (κ1) is 17.5. The van der Waals surface area contributed by atoms with Crippen molar-refractivity contribution in [3.05, 3.63) is 42.1 Å². The lowest BCUT2D eigenvalue weighted by molar-refractivity contribution is 0.00603. The number of hydrogen-bond acceptors (Lipinski definition) is 4. The second-order valence-corrected chi connectivity index (χ2v) is 7.52. The Kier molecular flexibility index (Phi) is 4.34. The standard InChI is InChI=1S/C19H25N3O3/c1-11(12-9-22(10-12)18(24)25-19(2,3)4)13-5-6-15(17(20)23)16-14(13)7-8-21-16/h5-8,12,17,21,23H,1,9-10,20H2,2-4H3. The first-order valence-corrected chi connectivity index (χ1v) is 8.38. The second kappa shape index (κ2) is 6.20. The van der Waals surface area contributed by atoms with Gasteiger partial charge in [0.15, 0.2) is 0 Å². The number of amides is 1. The van der Waals surface area contributed by atoms with Gasteiger partial charge in [0.05, 0.1) is 5.52 Å². The summed E-state index contributed by atoms with van der Waals surface area (Å²) in [5.41, 5.74) is 8.58. The fraction of sp³-hybridized carbons (Fsp3) is 0.421. The van der Waals surface area contributed by atoms with Gasteiger partial charge in [0, 0.05) is 36.2 Å². The third-order valence-electron chi connectivity index (χ3n) is 4.45. The van der Waals surface area contributed by atoms with E-state index in [1.54, 1.807) is 4.90 Å². The van der Waals surface area contributed by atoms with Crippen LogP contribution in [0.5, 0.6) is 0 Å². The van der Waals surface area contributed by atoms with Crippen molar-refractivity contribution in [2.45, 2.75) is 32.6 Å². The smallest absolute Gasteiger partial charge is 0.410 e. The number of ether oxygens (including phenoxy) is 1. The molecule has 1 aliphatic heterocycles. The largest absolute Gasteiger partial charge is 0.444 e. The summed E-state index contributed by atoms with van der Waals surface area (Å²) in [5, 5.41) is 10.7. The summed E-state index contributed by atoms with van der Waals surface area (Å²) in [4.78, 5) is 16.9. The summed E-state index contributed by atoms with van der Waals surface area (Å²) >= 11 is 0. The number of carbonyl (C=O) groups excluding carboxylic acids is 1. The quantitative estimate of drug-likeness (QED) is 0.747. The van der Waals surface area contributed by atoms with E-state index in [2.05, 4.69) is 11.6 Å². The molecule has 6 heteroatoms. The highest BCUT2D eigenvalue weighted by atomic mass is 16.6. The number of aliphatic hydroxyl groups excluding tert-OH is 1. The number of nitrogens with zero attached hydrogens (tertiary/aromatic N) is 1. The molecule has 1 fully saturated rings. The molecule has 2 aromatic rings. The zero-order valence-corrected chi connectivity index (χ0v) is 14.9. The van der Waals surface area contributed by atoms with E-state index in [1.165, 1.54) is 0 Å². The molecule has 0 saturated carbocycles. The number of nitrogens with one attached hydrogen (secondary N) is 1. The molecule has 1 aromatic carbocycles. The van der Waals surface area contributed by atoms with Crippen molar-refractivity contribution in [1.82, 2.24) is 9.88 Å². The minimum atomic E-state index is -1.03. The number of aromatic nitrogens is 1. The molecule has 0 bridgehead atoms. The summed E-state index contributed by atoms with van der Waals surface area (Å²) in [6, 6.07) is 5.69. The summed E-state index contributed by atoms with van der Waals surface area (Å²) in [7, 11) is 0. The fourth-order valence-electron chi connectivity index (χ4n) is 3.10. The van der Waals surface area contributed by atoms with Gasteiger partial charge in [0.1, 0.15) is 11.8 Å². The summed E-state index contributed by atoms with van der Waals surface area (Å²) in [6.45, 7) is 11.0. The predicted octanol–water partition coefficient (Wildman–Crippen LogP) is 3.00. The van der Waals surface area contributed by atoms with Gasteiger partial charge in [-0.25, -0.2) is 4.79 Å². The Balaban J connectivity index is 1.74. The van der Waals surface area contributed by atoms with E-state index < -0.39 is 11.8 Å². The average Bonchev–Trinajstić information content (AvgIpc) is 2.91. The minimum absolute atomic E-state index is 0.194. The van der Waals surface area contributed by atoms with Gasteiger partial charge in [-0.2, -0.15) is 0 Å². The number of likely N-dealkylation sites (tertiary alicyclic amines) is 1. The minimum Gasteiger partial charge on any atom is -0.444 e. The highest BCUT2D eigenvalue weighted by Crippen LogP contribution is 2.35. The molecule has 6 nitrogen and oxygen atoms in total. The zero-order valence-electron chi connectivity index (χ0n) is 14.9. The summed E-state index contributed by atoms with van der Waals surface area (Å²) < 4.78 is 5.39. The monoisotopic (exact) mass is 343 g/mol. The molecule has 0 aliphatic carbocycles. The van der Waals surface area contributed by atoms with Gasteiger partial charge < -0.3 is 25.5 Å². The Morgan fingerprint density at radius 3 is 2.68 bits per heavy atom. The van der Waals surface area contributed by atoms with E-state index >= 15 is 0 Å². The third kappa shape index (κ3) is 3.41. The highest BCUT2D eigenvalue weighted by Gasteiger charge is 2.35. The Hall–Kier alpha value is -2.31. The Morgan fingerprint density at radius 1 is 1.40 bits per heavy atom. The van der Waals surface area contributed by atoms with Gasteiger partial charge in [-0.05, 0) is 38.0 Å². The van der Waals surface area contributed by atoms with Crippen molar-refractivity contribution in [1.29, 1.82) is 0 Å². The molecule has 1 saturated heterocycles. The van der Waals surface area contributed by atoms with Crippen LogP contribution in [0.4, 0.5) is 4.79 Å². The third-order valence-corrected chi connectivity index (χ3v) is 4.45. The molecule has 0 radical (unpaired) electrons. The van der Waals surface area contributed by atoms with Crippen LogP contribution >= 0.6 is 0 Å². The van der Waals surface area contributed by atoms with Crippen LogP contribution in [-0.4, -0.2) is 39.8 Å². The van der Waals surface area contributed by atoms with Crippen molar-refractivity contribution in [2.24, 2.45) is 11.7 Å². The van der Waals surface area contributed by atoms with E-state index in [4.69, 9.17) is 10.5 Å². The van der Waals surface area contributed by atoms with Crippen LogP contribution in [0.1, 0.15) is 38.1 Å². The van der Waals surface area contributed by atoms with Crippen LogP contribution in [0.15, 0.2) is 31.0 Å². The van der Waals surface area contributed by atoms with Crippen LogP contribution in [0.3, 0.4) is 0 Å². The number of H-pyrrole nitrogens is 1. The lowest BCUT2D eigenvalue weighted by Crippen LogP contribution is -2.51. The molecular weight excluding hydrogens is 318 g/mol. The molecule has 1 aromatic heterocycles. The maximum atomic E-state index is 12.1. The van der Waals surface area contributed by atoms with E-state index in [-0.39, 0.29) is 12.0 Å². The number of rotatable bonds is 3. The number of aliphatic hydroxyl groups is 1. The van der Waals surface area contributed by atoms with Gasteiger partial charge in [0.25, 0.3) is 0 Å². The van der Waals surface area contributed by atoms with Crippen molar-refractivity contribution >= 4 is 22.6 Å². The van der Waals surface area contributed by atoms with Gasteiger partial charge in [-0.3, -0.25) is 0 Å². The summed E-state index contributed by atoms with van der Waals surface area (Å²) in [5.74, 6) is 0.194. The average molecular weight is 343 g/mol. The van der Waals surface area contributed by atoms with Crippen LogP contribution in [0.2, 0.25) is 0 Å². The molecule has 1 amide bonds. The van der Waals surface area contributed by atoms with Crippen LogP contribution in [-0.2, 0) is 4.74 Å². The maximum absolute atomic E-state index is 12.1. The Morgan fingerprint density at radius 2 is 2.08 bits per heavy atom. The number of hydrogen-bond donors (Lipinski definition) is 3. The molecule has 1 atom stereocenters. The van der Waals surface area contributed by atoms with E-state index in [1.807, 2.05) is 45.2 Å². The molecule has 4 N–H and O–H groups in total. The van der Waals surface area contributed by atoms with Gasteiger partial charge >= 0.3 is 6.09 Å². The molecule has 1 aliphatic rings. The van der Waals surface area contributed by atoms with Crippen LogP contribution in [0.25, 0.3) is 16.5 Å². The number of carbonyl (C=O) groups is 1.